The second kappa shape index (κ2) is 5.98. The predicted molar refractivity (Wildman–Crippen MR) is 76.6 cm³/mol. The molecule has 96 valence electrons. The van der Waals surface area contributed by atoms with Gasteiger partial charge in [0.2, 0.25) is 0 Å². The van der Waals surface area contributed by atoms with E-state index in [1.807, 2.05) is 24.3 Å². The molecular formula is C16H21NO. The summed E-state index contributed by atoms with van der Waals surface area (Å²) >= 11 is 0. The minimum Gasteiger partial charge on any atom is -0.387 e. The lowest BCUT2D eigenvalue weighted by molar-refractivity contribution is 0.175. The molecular weight excluding hydrogens is 222 g/mol. The normalized spacial score (nSPS) is 13.1. The van der Waals surface area contributed by atoms with Gasteiger partial charge in [0.25, 0.3) is 0 Å². The zero-order valence-electron chi connectivity index (χ0n) is 11.1. The summed E-state index contributed by atoms with van der Waals surface area (Å²) < 4.78 is 0. The largest absolute Gasteiger partial charge is 0.387 e. The molecule has 2 aromatic rings. The molecule has 2 rings (SSSR count). The van der Waals surface area contributed by atoms with E-state index in [4.69, 9.17) is 0 Å². The van der Waals surface area contributed by atoms with E-state index in [0.29, 0.717) is 12.5 Å². The molecule has 2 nitrogen and oxygen atoms in total. The Balaban J connectivity index is 2.15. The fourth-order valence-electron chi connectivity index (χ4n) is 2.16. The molecule has 0 aliphatic carbocycles. The number of aliphatic hydroxyl groups excluding tert-OH is 1. The highest BCUT2D eigenvalue weighted by atomic mass is 16.3. The lowest BCUT2D eigenvalue weighted by Gasteiger charge is -2.15. The summed E-state index contributed by atoms with van der Waals surface area (Å²) in [4.78, 5) is 0. The molecule has 0 amide bonds. The lowest BCUT2D eigenvalue weighted by atomic mass is 10.0. The maximum atomic E-state index is 10.3. The van der Waals surface area contributed by atoms with Gasteiger partial charge in [0.1, 0.15) is 0 Å². The second-order valence-corrected chi connectivity index (χ2v) is 5.14. The topological polar surface area (TPSA) is 32.3 Å². The summed E-state index contributed by atoms with van der Waals surface area (Å²) in [6, 6.07) is 14.3. The van der Waals surface area contributed by atoms with Gasteiger partial charge < -0.3 is 10.4 Å². The van der Waals surface area contributed by atoms with Crippen molar-refractivity contribution in [3.63, 3.8) is 0 Å². The van der Waals surface area contributed by atoms with E-state index in [-0.39, 0.29) is 0 Å². The second-order valence-electron chi connectivity index (χ2n) is 5.14. The van der Waals surface area contributed by atoms with Gasteiger partial charge in [0.05, 0.1) is 6.10 Å². The van der Waals surface area contributed by atoms with E-state index in [1.165, 1.54) is 5.39 Å². The molecule has 0 radical (unpaired) electrons. The molecule has 0 aliphatic heterocycles. The predicted octanol–water partition coefficient (Wildman–Crippen LogP) is 3.12. The fourth-order valence-corrected chi connectivity index (χ4v) is 2.16. The van der Waals surface area contributed by atoms with Crippen molar-refractivity contribution < 1.29 is 5.11 Å². The summed E-state index contributed by atoms with van der Waals surface area (Å²) in [6.45, 7) is 5.86. The van der Waals surface area contributed by atoms with Crippen LogP contribution >= 0.6 is 0 Å². The number of hydrogen-bond donors (Lipinski definition) is 2. The minimum absolute atomic E-state index is 0.449. The minimum atomic E-state index is -0.449. The average molecular weight is 243 g/mol. The molecule has 0 heterocycles. The van der Waals surface area contributed by atoms with Gasteiger partial charge >= 0.3 is 0 Å². The van der Waals surface area contributed by atoms with E-state index in [2.05, 4.69) is 37.4 Å². The zero-order chi connectivity index (χ0) is 13.0. The van der Waals surface area contributed by atoms with Gasteiger partial charge in [-0.25, -0.2) is 0 Å². The SMILES string of the molecule is CC(C)CNCC(O)c1cccc2ccccc12. The quantitative estimate of drug-likeness (QED) is 0.845. The first kappa shape index (κ1) is 13.1. The Bertz CT molecular complexity index is 502. The van der Waals surface area contributed by atoms with Gasteiger partial charge in [0.15, 0.2) is 0 Å². The maximum Gasteiger partial charge on any atom is 0.0920 e. The Labute approximate surface area is 109 Å². The van der Waals surface area contributed by atoms with Crippen molar-refractivity contribution in [2.24, 2.45) is 5.92 Å². The molecule has 0 fully saturated rings. The molecule has 2 aromatic carbocycles. The molecule has 2 N–H and O–H groups in total. The van der Waals surface area contributed by atoms with Crippen LogP contribution in [0.2, 0.25) is 0 Å². The summed E-state index contributed by atoms with van der Waals surface area (Å²) in [5.74, 6) is 0.602. The summed E-state index contributed by atoms with van der Waals surface area (Å²) in [7, 11) is 0. The van der Waals surface area contributed by atoms with Crippen LogP contribution in [0, 0.1) is 5.92 Å². The first-order chi connectivity index (χ1) is 8.68. The highest BCUT2D eigenvalue weighted by Gasteiger charge is 2.10. The molecule has 1 atom stereocenters. The van der Waals surface area contributed by atoms with Crippen molar-refractivity contribution in [2.75, 3.05) is 13.1 Å². The Morgan fingerprint density at radius 3 is 2.50 bits per heavy atom. The van der Waals surface area contributed by atoms with Gasteiger partial charge in [-0.2, -0.15) is 0 Å². The molecule has 0 aliphatic rings. The number of benzene rings is 2. The van der Waals surface area contributed by atoms with Gasteiger partial charge in [-0.05, 0) is 28.8 Å². The first-order valence-electron chi connectivity index (χ1n) is 6.55. The van der Waals surface area contributed by atoms with Gasteiger partial charge in [0, 0.05) is 6.54 Å². The maximum absolute atomic E-state index is 10.3. The Morgan fingerprint density at radius 2 is 1.72 bits per heavy atom. The Kier molecular flexibility index (Phi) is 4.34. The van der Waals surface area contributed by atoms with Gasteiger partial charge in [-0.3, -0.25) is 0 Å². The van der Waals surface area contributed by atoms with Crippen molar-refractivity contribution in [3.8, 4) is 0 Å². The van der Waals surface area contributed by atoms with Crippen LogP contribution in [-0.4, -0.2) is 18.2 Å². The third-order valence-electron chi connectivity index (χ3n) is 3.07. The average Bonchev–Trinajstić information content (AvgIpc) is 2.37. The number of nitrogens with one attached hydrogen (secondary N) is 1. The van der Waals surface area contributed by atoms with Crippen LogP contribution in [0.3, 0.4) is 0 Å². The standard InChI is InChI=1S/C16H21NO/c1-12(2)10-17-11-16(18)15-9-5-7-13-6-3-4-8-14(13)15/h3-9,12,16-18H,10-11H2,1-2H3. The fraction of sp³-hybridized carbons (Fsp3) is 0.375. The van der Waals surface area contributed by atoms with Crippen LogP contribution in [0.15, 0.2) is 42.5 Å². The third-order valence-corrected chi connectivity index (χ3v) is 3.07. The molecule has 0 saturated heterocycles. The van der Waals surface area contributed by atoms with Crippen LogP contribution in [0.1, 0.15) is 25.5 Å². The van der Waals surface area contributed by atoms with Crippen molar-refractivity contribution >= 4 is 10.8 Å². The molecule has 0 bridgehead atoms. The molecule has 0 saturated carbocycles. The first-order valence-corrected chi connectivity index (χ1v) is 6.55. The summed E-state index contributed by atoms with van der Waals surface area (Å²) in [5.41, 5.74) is 1.00. The van der Waals surface area contributed by atoms with E-state index in [9.17, 15) is 5.11 Å². The summed E-state index contributed by atoms with van der Waals surface area (Å²) in [5, 5.41) is 15.9. The molecule has 18 heavy (non-hydrogen) atoms. The highest BCUT2D eigenvalue weighted by Crippen LogP contribution is 2.23. The lowest BCUT2D eigenvalue weighted by Crippen LogP contribution is -2.25. The zero-order valence-corrected chi connectivity index (χ0v) is 11.1. The number of rotatable bonds is 5. The van der Waals surface area contributed by atoms with Crippen LogP contribution in [0.4, 0.5) is 0 Å². The molecule has 2 heteroatoms. The van der Waals surface area contributed by atoms with Crippen LogP contribution in [-0.2, 0) is 0 Å². The monoisotopic (exact) mass is 243 g/mol. The smallest absolute Gasteiger partial charge is 0.0920 e. The van der Waals surface area contributed by atoms with E-state index in [0.717, 1.165) is 17.5 Å². The third kappa shape index (κ3) is 3.09. The van der Waals surface area contributed by atoms with E-state index >= 15 is 0 Å². The number of fused-ring (bicyclic) bond motifs is 1. The number of aliphatic hydroxyl groups is 1. The van der Waals surface area contributed by atoms with Crippen LogP contribution in [0.25, 0.3) is 10.8 Å². The highest BCUT2D eigenvalue weighted by molar-refractivity contribution is 5.85. The number of hydrogen-bond acceptors (Lipinski definition) is 2. The van der Waals surface area contributed by atoms with Gasteiger partial charge in [-0.1, -0.05) is 56.3 Å². The molecule has 0 aromatic heterocycles. The van der Waals surface area contributed by atoms with Gasteiger partial charge in [-0.15, -0.1) is 0 Å². The van der Waals surface area contributed by atoms with Crippen molar-refractivity contribution in [1.29, 1.82) is 0 Å². The van der Waals surface area contributed by atoms with E-state index < -0.39 is 6.10 Å². The van der Waals surface area contributed by atoms with Crippen molar-refractivity contribution in [3.05, 3.63) is 48.0 Å². The Hall–Kier alpha value is -1.38. The van der Waals surface area contributed by atoms with Crippen molar-refractivity contribution in [1.82, 2.24) is 5.32 Å². The van der Waals surface area contributed by atoms with Crippen molar-refractivity contribution in [2.45, 2.75) is 20.0 Å². The van der Waals surface area contributed by atoms with Crippen LogP contribution in [0.5, 0.6) is 0 Å². The molecule has 1 unspecified atom stereocenters. The van der Waals surface area contributed by atoms with Crippen LogP contribution < -0.4 is 5.32 Å². The van der Waals surface area contributed by atoms with E-state index in [1.54, 1.807) is 0 Å². The molecule has 0 spiro atoms. The Morgan fingerprint density at radius 1 is 1.00 bits per heavy atom. The summed E-state index contributed by atoms with van der Waals surface area (Å²) in [6.07, 6.45) is -0.449.